The van der Waals surface area contributed by atoms with Crippen LogP contribution in [0.3, 0.4) is 0 Å². The minimum Gasteiger partial charge on any atom is -0.473 e. The molecule has 12 heteroatoms. The van der Waals surface area contributed by atoms with Gasteiger partial charge in [0.05, 0.1) is 26.1 Å². The number of H-pyrrole nitrogens is 1. The number of sulfonamides is 1. The number of piperidine rings is 1. The smallest absolute Gasteiger partial charge is 0.244 e. The molecule has 1 saturated heterocycles. The highest BCUT2D eigenvalue weighted by molar-refractivity contribution is 7.88. The van der Waals surface area contributed by atoms with Crippen LogP contribution in [-0.2, 0) is 10.0 Å². The second-order valence-electron chi connectivity index (χ2n) is 7.20. The molecule has 1 aliphatic heterocycles. The Labute approximate surface area is 169 Å². The summed E-state index contributed by atoms with van der Waals surface area (Å²) < 4.78 is 40.4. The first-order valence-corrected chi connectivity index (χ1v) is 11.1. The van der Waals surface area contributed by atoms with E-state index >= 15 is 0 Å². The van der Waals surface area contributed by atoms with E-state index < -0.39 is 16.1 Å². The Hall–Kier alpha value is -2.73. The Bertz CT molecular complexity index is 1130. The van der Waals surface area contributed by atoms with E-state index in [4.69, 9.17) is 6.11 Å². The number of fused-ring (bicyclic) bond motifs is 1. The Kier molecular flexibility index (Phi) is 4.79. The van der Waals surface area contributed by atoms with Crippen LogP contribution in [0.25, 0.3) is 16.9 Å². The molecule has 1 fully saturated rings. The zero-order valence-corrected chi connectivity index (χ0v) is 17.3. The fourth-order valence-corrected chi connectivity index (χ4v) is 4.15. The number of hydrogen-bond donors (Lipinski definition) is 2. The van der Waals surface area contributed by atoms with Crippen molar-refractivity contribution >= 4 is 21.6 Å². The van der Waals surface area contributed by atoms with Crippen LogP contribution in [0, 0.1) is 0 Å². The van der Waals surface area contributed by atoms with Gasteiger partial charge in [-0.15, -0.1) is 5.10 Å². The van der Waals surface area contributed by atoms with E-state index in [9.17, 15) is 8.42 Å². The van der Waals surface area contributed by atoms with Gasteiger partial charge in [-0.2, -0.15) is 14.6 Å². The fraction of sp³-hybridized carbons (Fsp3) is 0.529. The fourth-order valence-electron chi connectivity index (χ4n) is 3.27. The summed E-state index contributed by atoms with van der Waals surface area (Å²) in [4.78, 5) is 8.91. The van der Waals surface area contributed by atoms with Gasteiger partial charge in [0.25, 0.3) is 0 Å². The van der Waals surface area contributed by atoms with Crippen molar-refractivity contribution in [1.29, 1.82) is 0 Å². The van der Waals surface area contributed by atoms with Crippen molar-refractivity contribution in [1.82, 2.24) is 34.1 Å². The second kappa shape index (κ2) is 7.59. The zero-order valence-electron chi connectivity index (χ0n) is 17.5. The van der Waals surface area contributed by atoms with E-state index in [0.29, 0.717) is 54.7 Å². The number of nitrogens with zero attached hydrogens (tertiary/aromatic N) is 6. The second-order valence-corrected chi connectivity index (χ2v) is 9.18. The highest BCUT2D eigenvalue weighted by Crippen LogP contribution is 2.29. The molecule has 11 nitrogen and oxygen atoms in total. The molecule has 0 amide bonds. The van der Waals surface area contributed by atoms with E-state index in [1.807, 2.05) is 0 Å². The maximum atomic E-state index is 11.7. The average Bonchev–Trinajstić information content (AvgIpc) is 3.30. The number of ether oxygens (including phenoxy) is 1. The van der Waals surface area contributed by atoms with Crippen LogP contribution in [0.5, 0.6) is 5.88 Å². The Balaban J connectivity index is 1.62. The molecule has 29 heavy (non-hydrogen) atoms. The molecule has 1 aliphatic rings. The molecule has 0 bridgehead atoms. The third-order valence-electron chi connectivity index (χ3n) is 4.66. The first kappa shape index (κ1) is 18.3. The maximum Gasteiger partial charge on any atom is 0.244 e. The van der Waals surface area contributed by atoms with E-state index in [1.165, 1.54) is 15.1 Å². The molecule has 3 aromatic rings. The Morgan fingerprint density at radius 3 is 2.72 bits per heavy atom. The number of anilines is 1. The molecule has 0 spiro atoms. The summed E-state index contributed by atoms with van der Waals surface area (Å²) in [7, 11) is -3.17. The maximum absolute atomic E-state index is 11.7. The molecule has 0 unspecified atom stereocenters. The van der Waals surface area contributed by atoms with Crippen LogP contribution < -0.4 is 10.1 Å². The number of hydrogen-bond acceptors (Lipinski definition) is 8. The van der Waals surface area contributed by atoms with Gasteiger partial charge in [0, 0.05) is 30.9 Å². The third kappa shape index (κ3) is 4.17. The normalized spacial score (nSPS) is 17.4. The number of aromatic amines is 1. The van der Waals surface area contributed by atoms with Crippen molar-refractivity contribution in [2.75, 3.05) is 24.7 Å². The van der Waals surface area contributed by atoms with Crippen molar-refractivity contribution in [2.45, 2.75) is 38.8 Å². The molecule has 0 atom stereocenters. The van der Waals surface area contributed by atoms with Gasteiger partial charge in [-0.25, -0.2) is 17.7 Å². The Morgan fingerprint density at radius 1 is 1.34 bits per heavy atom. The molecular weight excluding hydrogens is 396 g/mol. The van der Waals surface area contributed by atoms with Crippen LogP contribution in [0.1, 0.15) is 28.1 Å². The van der Waals surface area contributed by atoms with E-state index in [1.54, 1.807) is 32.4 Å². The predicted molar refractivity (Wildman–Crippen MR) is 107 cm³/mol. The molecule has 0 saturated carbocycles. The first-order valence-electron chi connectivity index (χ1n) is 9.76. The number of aromatic nitrogens is 6. The van der Waals surface area contributed by atoms with Crippen molar-refractivity contribution in [3.63, 3.8) is 0 Å². The van der Waals surface area contributed by atoms with Gasteiger partial charge in [0.1, 0.15) is 5.69 Å². The van der Waals surface area contributed by atoms with Crippen LogP contribution >= 0.6 is 0 Å². The summed E-state index contributed by atoms with van der Waals surface area (Å²) >= 11 is 0. The minimum absolute atomic E-state index is 0.0544. The topological polar surface area (TPSA) is 130 Å². The SMILES string of the molecule is [2H]C(C)(C)Oc1c(-c2cn[nH]c2)ncc2nc(NC3CCN(S(C)(=O)=O)CC3)nn12. The highest BCUT2D eigenvalue weighted by Gasteiger charge is 2.26. The lowest BCUT2D eigenvalue weighted by Gasteiger charge is -2.30. The van der Waals surface area contributed by atoms with Crippen LogP contribution in [0.4, 0.5) is 5.95 Å². The molecule has 2 N–H and O–H groups in total. The van der Waals surface area contributed by atoms with Crippen molar-refractivity contribution in [3.8, 4) is 17.1 Å². The average molecular weight is 422 g/mol. The third-order valence-corrected chi connectivity index (χ3v) is 5.97. The summed E-state index contributed by atoms with van der Waals surface area (Å²) in [6, 6.07) is 0.0544. The van der Waals surface area contributed by atoms with E-state index in [0.717, 1.165) is 0 Å². The monoisotopic (exact) mass is 421 g/mol. The highest BCUT2D eigenvalue weighted by atomic mass is 32.2. The molecular formula is C17H24N8O3S. The van der Waals surface area contributed by atoms with Crippen LogP contribution in [0.2, 0.25) is 0 Å². The quantitative estimate of drug-likeness (QED) is 0.606. The lowest BCUT2D eigenvalue weighted by molar-refractivity contribution is 0.227. The van der Waals surface area contributed by atoms with Gasteiger partial charge >= 0.3 is 0 Å². The predicted octanol–water partition coefficient (Wildman–Crippen LogP) is 1.14. The minimum atomic E-state index is -3.17. The van der Waals surface area contributed by atoms with E-state index in [-0.39, 0.29) is 6.04 Å². The number of rotatable bonds is 6. The van der Waals surface area contributed by atoms with Gasteiger partial charge < -0.3 is 10.1 Å². The van der Waals surface area contributed by atoms with Gasteiger partial charge in [0.15, 0.2) is 5.65 Å². The lowest BCUT2D eigenvalue weighted by atomic mass is 10.1. The summed E-state index contributed by atoms with van der Waals surface area (Å²) in [5.74, 6) is 0.688. The molecule has 0 aliphatic carbocycles. The van der Waals surface area contributed by atoms with Gasteiger partial charge in [-0.05, 0) is 26.7 Å². The van der Waals surface area contributed by atoms with Gasteiger partial charge in [-0.1, -0.05) is 0 Å². The van der Waals surface area contributed by atoms with Crippen molar-refractivity contribution < 1.29 is 14.5 Å². The molecule has 0 aromatic carbocycles. The molecule has 4 heterocycles. The first-order chi connectivity index (χ1) is 14.1. The number of nitrogens with one attached hydrogen (secondary N) is 2. The van der Waals surface area contributed by atoms with Crippen LogP contribution in [-0.4, -0.2) is 74.0 Å². The summed E-state index contributed by atoms with van der Waals surface area (Å²) in [5.41, 5.74) is 1.67. The summed E-state index contributed by atoms with van der Waals surface area (Å²) in [5, 5.41) is 14.5. The van der Waals surface area contributed by atoms with Crippen molar-refractivity contribution in [3.05, 3.63) is 18.6 Å². The van der Waals surface area contributed by atoms with Crippen LogP contribution in [0.15, 0.2) is 18.6 Å². The molecule has 0 radical (unpaired) electrons. The standard InChI is InChI=1S/C17H24N8O3S/c1-11(2)28-16-15(12-8-19-20-9-12)18-10-14-22-17(23-25(14)16)21-13-4-6-24(7-5-13)29(3,26)27/h8-11,13H,4-7H2,1-3H3,(H,19,20)(H,21,23)/i11D. The molecule has 156 valence electrons. The summed E-state index contributed by atoms with van der Waals surface area (Å²) in [6.45, 7) is 4.15. The van der Waals surface area contributed by atoms with E-state index in [2.05, 4.69) is 30.6 Å². The van der Waals surface area contributed by atoms with Gasteiger partial charge in [-0.3, -0.25) is 5.10 Å². The lowest BCUT2D eigenvalue weighted by Crippen LogP contribution is -2.41. The zero-order chi connectivity index (χ0) is 21.5. The molecule has 4 rings (SSSR count). The summed E-state index contributed by atoms with van der Waals surface area (Å²) in [6.07, 6.45) is 6.20. The largest absolute Gasteiger partial charge is 0.473 e. The molecule has 3 aromatic heterocycles. The Morgan fingerprint density at radius 2 is 2.10 bits per heavy atom. The van der Waals surface area contributed by atoms with Crippen molar-refractivity contribution in [2.24, 2.45) is 0 Å². The van der Waals surface area contributed by atoms with Gasteiger partial charge in [0.2, 0.25) is 21.9 Å².